The molecule has 0 saturated carbocycles. The molecule has 1 saturated heterocycles. The lowest BCUT2D eigenvalue weighted by Crippen LogP contribution is -2.47. The maximum atomic E-state index is 12.0. The van der Waals surface area contributed by atoms with Crippen LogP contribution in [0.4, 0.5) is 0 Å². The highest BCUT2D eigenvalue weighted by Crippen LogP contribution is 2.11. The third kappa shape index (κ3) is 7.35. The van der Waals surface area contributed by atoms with Crippen molar-refractivity contribution in [3.05, 3.63) is 0 Å². The first-order chi connectivity index (χ1) is 8.02. The zero-order valence-electron chi connectivity index (χ0n) is 12.4. The molecule has 2 unspecified atom stereocenters. The van der Waals surface area contributed by atoms with Gasteiger partial charge in [0.1, 0.15) is 0 Å². The molecule has 0 aromatic rings. The van der Waals surface area contributed by atoms with Crippen LogP contribution in [0.1, 0.15) is 26.7 Å². The van der Waals surface area contributed by atoms with Crippen molar-refractivity contribution in [2.75, 3.05) is 33.7 Å². The molecule has 2 atom stereocenters. The van der Waals surface area contributed by atoms with E-state index in [0.717, 1.165) is 32.0 Å². The van der Waals surface area contributed by atoms with Crippen LogP contribution in [0.25, 0.3) is 0 Å². The van der Waals surface area contributed by atoms with Crippen LogP contribution in [0.2, 0.25) is 0 Å². The number of rotatable bonds is 6. The topological polar surface area (TPSA) is 44.4 Å². The van der Waals surface area contributed by atoms with Crippen LogP contribution in [-0.2, 0) is 4.79 Å². The first kappa shape index (κ1) is 21.3. The first-order valence-corrected chi connectivity index (χ1v) is 6.67. The molecule has 0 aromatic carbocycles. The Balaban J connectivity index is 0. The third-order valence-electron chi connectivity index (χ3n) is 3.47. The molecule has 1 amide bonds. The molecule has 0 aliphatic carbocycles. The van der Waals surface area contributed by atoms with Crippen molar-refractivity contribution in [1.29, 1.82) is 0 Å². The molecular weight excluding hydrogens is 285 g/mol. The summed E-state index contributed by atoms with van der Waals surface area (Å²) in [7, 11) is 3.93. The maximum Gasteiger partial charge on any atom is 0.237 e. The summed E-state index contributed by atoms with van der Waals surface area (Å²) < 4.78 is 0. The molecule has 0 aromatic heterocycles. The summed E-state index contributed by atoms with van der Waals surface area (Å²) >= 11 is 0. The number of amides is 1. The molecule has 1 rings (SSSR count). The first-order valence-electron chi connectivity index (χ1n) is 6.67. The van der Waals surface area contributed by atoms with Crippen molar-refractivity contribution in [1.82, 2.24) is 15.5 Å². The second kappa shape index (κ2) is 10.7. The van der Waals surface area contributed by atoms with Gasteiger partial charge in [-0.1, -0.05) is 13.8 Å². The van der Waals surface area contributed by atoms with Gasteiger partial charge in [0.25, 0.3) is 0 Å². The molecule has 6 heteroatoms. The van der Waals surface area contributed by atoms with Crippen LogP contribution in [0.5, 0.6) is 0 Å². The molecule has 116 valence electrons. The number of nitrogens with one attached hydrogen (secondary N) is 2. The van der Waals surface area contributed by atoms with Crippen LogP contribution in [0.15, 0.2) is 0 Å². The van der Waals surface area contributed by atoms with Crippen LogP contribution < -0.4 is 10.6 Å². The lowest BCUT2D eigenvalue weighted by molar-refractivity contribution is -0.126. The van der Waals surface area contributed by atoms with Gasteiger partial charge < -0.3 is 10.6 Å². The second-order valence-corrected chi connectivity index (χ2v) is 5.59. The Hall–Kier alpha value is -0.0300. The predicted molar refractivity (Wildman–Crippen MR) is 85.4 cm³/mol. The number of halogens is 2. The average Bonchev–Trinajstić information content (AvgIpc) is 2.69. The Morgan fingerprint density at radius 1 is 1.37 bits per heavy atom. The zero-order valence-corrected chi connectivity index (χ0v) is 14.1. The van der Waals surface area contributed by atoms with Gasteiger partial charge in [-0.15, -0.1) is 24.8 Å². The predicted octanol–water partition coefficient (Wildman–Crippen LogP) is 1.53. The molecule has 0 radical (unpaired) electrons. The summed E-state index contributed by atoms with van der Waals surface area (Å²) in [5.74, 6) is 1.25. The smallest absolute Gasteiger partial charge is 0.237 e. The molecule has 4 nitrogen and oxygen atoms in total. The van der Waals surface area contributed by atoms with E-state index >= 15 is 0 Å². The van der Waals surface area contributed by atoms with Crippen LogP contribution in [0.3, 0.4) is 0 Å². The highest BCUT2D eigenvalue weighted by atomic mass is 35.5. The third-order valence-corrected chi connectivity index (χ3v) is 3.47. The van der Waals surface area contributed by atoms with E-state index in [2.05, 4.69) is 24.5 Å². The van der Waals surface area contributed by atoms with Crippen LogP contribution >= 0.6 is 24.8 Å². The fraction of sp³-hybridized carbons (Fsp3) is 0.923. The molecule has 2 N–H and O–H groups in total. The summed E-state index contributed by atoms with van der Waals surface area (Å²) in [5, 5.41) is 6.41. The van der Waals surface area contributed by atoms with Crippen LogP contribution in [-0.4, -0.2) is 50.6 Å². The monoisotopic (exact) mass is 313 g/mol. The Morgan fingerprint density at radius 2 is 2.00 bits per heavy atom. The van der Waals surface area contributed by atoms with Gasteiger partial charge in [-0.3, -0.25) is 9.69 Å². The van der Waals surface area contributed by atoms with Gasteiger partial charge in [0, 0.05) is 6.54 Å². The van der Waals surface area contributed by atoms with Gasteiger partial charge in [0.2, 0.25) is 5.91 Å². The number of likely N-dealkylation sites (N-methyl/N-ethyl adjacent to an activating group) is 1. The van der Waals surface area contributed by atoms with Crippen molar-refractivity contribution in [2.24, 2.45) is 11.8 Å². The lowest BCUT2D eigenvalue weighted by atomic mass is 10.0. The van der Waals surface area contributed by atoms with Crippen molar-refractivity contribution in [2.45, 2.75) is 32.7 Å². The average molecular weight is 314 g/mol. The van der Waals surface area contributed by atoms with Gasteiger partial charge in [-0.05, 0) is 51.9 Å². The van der Waals surface area contributed by atoms with Gasteiger partial charge in [0.15, 0.2) is 0 Å². The molecule has 1 heterocycles. The highest BCUT2D eigenvalue weighted by Gasteiger charge is 2.24. The maximum absolute atomic E-state index is 12.0. The van der Waals surface area contributed by atoms with Gasteiger partial charge in [-0.25, -0.2) is 0 Å². The number of nitrogens with zero attached hydrogens (tertiary/aromatic N) is 1. The minimum Gasteiger partial charge on any atom is -0.355 e. The van der Waals surface area contributed by atoms with Crippen molar-refractivity contribution in [3.8, 4) is 0 Å². The largest absolute Gasteiger partial charge is 0.355 e. The summed E-state index contributed by atoms with van der Waals surface area (Å²) in [4.78, 5) is 14.0. The van der Waals surface area contributed by atoms with E-state index in [4.69, 9.17) is 0 Å². The summed E-state index contributed by atoms with van der Waals surface area (Å²) in [6.45, 7) is 7.22. The van der Waals surface area contributed by atoms with Crippen molar-refractivity contribution < 1.29 is 4.79 Å². The molecular formula is C13H29Cl2N3O. The minimum atomic E-state index is -0.0169. The Morgan fingerprint density at radius 3 is 2.42 bits per heavy atom. The molecule has 1 aliphatic heterocycles. The van der Waals surface area contributed by atoms with E-state index in [0.29, 0.717) is 5.92 Å². The molecule has 1 fully saturated rings. The molecule has 0 spiro atoms. The van der Waals surface area contributed by atoms with Crippen molar-refractivity contribution >= 4 is 30.7 Å². The number of carbonyl (C=O) groups is 1. The normalized spacial score (nSPS) is 19.8. The molecule has 1 aliphatic rings. The number of hydrogen-bond donors (Lipinski definition) is 2. The van der Waals surface area contributed by atoms with E-state index in [9.17, 15) is 4.79 Å². The Labute approximate surface area is 129 Å². The fourth-order valence-corrected chi connectivity index (χ4v) is 2.60. The number of hydrogen-bond acceptors (Lipinski definition) is 3. The molecule has 19 heavy (non-hydrogen) atoms. The van der Waals surface area contributed by atoms with E-state index in [-0.39, 0.29) is 36.8 Å². The summed E-state index contributed by atoms with van der Waals surface area (Å²) in [5.41, 5.74) is 0. The number of carbonyl (C=O) groups excluding carboxylic acids is 1. The SMILES string of the molecule is CC(C)C(C(=O)NCCC1CCNC1)N(C)C.Cl.Cl. The Bertz CT molecular complexity index is 236. The summed E-state index contributed by atoms with van der Waals surface area (Å²) in [6.07, 6.45) is 2.34. The molecule has 0 bridgehead atoms. The second-order valence-electron chi connectivity index (χ2n) is 5.59. The Kier molecular flexibility index (Phi) is 12.0. The van der Waals surface area contributed by atoms with E-state index in [1.54, 1.807) is 0 Å². The summed E-state index contributed by atoms with van der Waals surface area (Å²) in [6, 6.07) is -0.0169. The van der Waals surface area contributed by atoms with E-state index in [1.165, 1.54) is 6.42 Å². The zero-order chi connectivity index (χ0) is 12.8. The fourth-order valence-electron chi connectivity index (χ4n) is 2.60. The van der Waals surface area contributed by atoms with E-state index in [1.807, 2.05) is 19.0 Å². The standard InChI is InChI=1S/C13H27N3O.2ClH/c1-10(2)12(16(3)4)13(17)15-8-6-11-5-7-14-9-11;;/h10-12,14H,5-9H2,1-4H3,(H,15,17);2*1H. The van der Waals surface area contributed by atoms with E-state index < -0.39 is 0 Å². The lowest BCUT2D eigenvalue weighted by Gasteiger charge is -2.26. The highest BCUT2D eigenvalue weighted by molar-refractivity contribution is 5.85. The van der Waals surface area contributed by atoms with Crippen LogP contribution in [0, 0.1) is 11.8 Å². The van der Waals surface area contributed by atoms with Gasteiger partial charge >= 0.3 is 0 Å². The van der Waals surface area contributed by atoms with Gasteiger partial charge in [0.05, 0.1) is 6.04 Å². The van der Waals surface area contributed by atoms with Crippen molar-refractivity contribution in [3.63, 3.8) is 0 Å². The minimum absolute atomic E-state index is 0. The van der Waals surface area contributed by atoms with Gasteiger partial charge in [-0.2, -0.15) is 0 Å². The quantitative estimate of drug-likeness (QED) is 0.781.